The molecule has 0 unspecified atom stereocenters. The summed E-state index contributed by atoms with van der Waals surface area (Å²) in [6.45, 7) is 1.04. The first-order valence-electron chi connectivity index (χ1n) is 4.71. The van der Waals surface area contributed by atoms with Gasteiger partial charge in [-0.05, 0) is 12.3 Å². The predicted molar refractivity (Wildman–Crippen MR) is 50.0 cm³/mol. The van der Waals surface area contributed by atoms with Gasteiger partial charge in [0.15, 0.2) is 6.10 Å². The summed E-state index contributed by atoms with van der Waals surface area (Å²) in [5.74, 6) is 0.481. The summed E-state index contributed by atoms with van der Waals surface area (Å²) < 4.78 is 25.5. The van der Waals surface area contributed by atoms with Crippen LogP contribution < -0.4 is 0 Å². The average molecular weight is 206 g/mol. The van der Waals surface area contributed by atoms with Gasteiger partial charge >= 0.3 is 5.92 Å². The van der Waals surface area contributed by atoms with Crippen molar-refractivity contribution in [1.82, 2.24) is 0 Å². The highest BCUT2D eigenvalue weighted by Gasteiger charge is 2.35. The first kappa shape index (κ1) is 13.3. The number of aliphatic hydroxyl groups is 2. The van der Waals surface area contributed by atoms with E-state index in [4.69, 9.17) is 10.2 Å². The highest BCUT2D eigenvalue weighted by Crippen LogP contribution is 2.17. The highest BCUT2D eigenvalue weighted by atomic mass is 19.3. The van der Waals surface area contributed by atoms with Crippen molar-refractivity contribution in [1.29, 1.82) is 0 Å². The van der Waals surface area contributed by atoms with Crippen molar-refractivity contribution >= 4 is 0 Å². The smallest absolute Gasteiger partial charge is 0.335 e. The van der Waals surface area contributed by atoms with Crippen molar-refractivity contribution < 1.29 is 19.0 Å². The van der Waals surface area contributed by atoms with E-state index in [0.717, 1.165) is 19.3 Å². The normalized spacial score (nSPS) is 13.2. The van der Waals surface area contributed by atoms with Gasteiger partial charge in [-0.25, -0.2) is 0 Å². The van der Waals surface area contributed by atoms with Gasteiger partial charge < -0.3 is 10.2 Å². The molecule has 2 N–H and O–H groups in total. The predicted octanol–water partition coefficient (Wildman–Crippen LogP) is 1.56. The molecule has 0 radical (unpaired) electrons. The van der Waals surface area contributed by atoms with E-state index in [9.17, 15) is 8.78 Å². The Morgan fingerprint density at radius 3 is 2.50 bits per heavy atom. The highest BCUT2D eigenvalue weighted by molar-refractivity contribution is 5.11. The Bertz CT molecular complexity index is 206. The molecule has 0 saturated carbocycles. The molecular weight excluding hydrogens is 190 g/mol. The maximum absolute atomic E-state index is 12.7. The molecule has 1 atom stereocenters. The number of hydrogen-bond donors (Lipinski definition) is 2. The molecule has 0 aliphatic heterocycles. The number of rotatable bonds is 5. The molecule has 0 fully saturated rings. The van der Waals surface area contributed by atoms with Gasteiger partial charge in [0.05, 0.1) is 6.61 Å². The van der Waals surface area contributed by atoms with E-state index in [0.29, 0.717) is 6.42 Å². The molecule has 0 heterocycles. The van der Waals surface area contributed by atoms with Crippen LogP contribution in [0.3, 0.4) is 0 Å². The zero-order valence-electron chi connectivity index (χ0n) is 8.26. The number of alkyl halides is 2. The topological polar surface area (TPSA) is 40.5 Å². The van der Waals surface area contributed by atoms with Gasteiger partial charge in [-0.2, -0.15) is 8.78 Å². The van der Waals surface area contributed by atoms with Crippen LogP contribution in [0.15, 0.2) is 0 Å². The maximum atomic E-state index is 12.7. The van der Waals surface area contributed by atoms with Crippen molar-refractivity contribution in [2.45, 2.75) is 44.6 Å². The molecule has 0 amide bonds. The maximum Gasteiger partial charge on any atom is 0.335 e. The summed E-state index contributed by atoms with van der Waals surface area (Å²) >= 11 is 0. The van der Waals surface area contributed by atoms with Gasteiger partial charge in [-0.1, -0.05) is 25.7 Å². The molecular formula is C10H16F2O2. The molecule has 0 saturated heterocycles. The molecule has 0 aliphatic rings. The Labute approximate surface area is 82.9 Å². The van der Waals surface area contributed by atoms with Crippen LogP contribution in [0.1, 0.15) is 32.6 Å². The van der Waals surface area contributed by atoms with Crippen LogP contribution in [0.25, 0.3) is 0 Å². The summed E-state index contributed by atoms with van der Waals surface area (Å²) in [6.07, 6.45) is 1.08. The van der Waals surface area contributed by atoms with E-state index >= 15 is 0 Å². The lowest BCUT2D eigenvalue weighted by molar-refractivity contribution is -0.0830. The summed E-state index contributed by atoms with van der Waals surface area (Å²) in [4.78, 5) is 0. The van der Waals surface area contributed by atoms with Crippen molar-refractivity contribution in [2.24, 2.45) is 0 Å². The molecule has 0 aromatic carbocycles. The van der Waals surface area contributed by atoms with E-state index in [2.05, 4.69) is 5.92 Å². The largest absolute Gasteiger partial charge is 0.393 e. The molecule has 0 aliphatic carbocycles. The van der Waals surface area contributed by atoms with E-state index in [1.54, 1.807) is 5.92 Å². The van der Waals surface area contributed by atoms with Gasteiger partial charge in [0.1, 0.15) is 0 Å². The SMILES string of the molecule is CCCCCC#CC(F)(F)[C@H](O)CO. The fraction of sp³-hybridized carbons (Fsp3) is 0.800. The minimum atomic E-state index is -3.50. The van der Waals surface area contributed by atoms with E-state index in [1.165, 1.54) is 0 Å². The molecule has 0 aromatic heterocycles. The van der Waals surface area contributed by atoms with Crippen LogP contribution in [-0.2, 0) is 0 Å². The Balaban J connectivity index is 3.93. The lowest BCUT2D eigenvalue weighted by Crippen LogP contribution is -2.34. The number of unbranched alkanes of at least 4 members (excludes halogenated alkanes) is 3. The summed E-state index contributed by atoms with van der Waals surface area (Å²) in [5.41, 5.74) is 0. The number of halogens is 2. The first-order chi connectivity index (χ1) is 6.54. The molecule has 0 bridgehead atoms. The van der Waals surface area contributed by atoms with Gasteiger partial charge in [0.2, 0.25) is 0 Å². The van der Waals surface area contributed by atoms with Crippen LogP contribution in [0.5, 0.6) is 0 Å². The van der Waals surface area contributed by atoms with Crippen LogP contribution in [-0.4, -0.2) is 28.8 Å². The number of aliphatic hydroxyl groups excluding tert-OH is 2. The van der Waals surface area contributed by atoms with Crippen molar-refractivity contribution in [3.8, 4) is 11.8 Å². The zero-order valence-corrected chi connectivity index (χ0v) is 8.26. The van der Waals surface area contributed by atoms with Gasteiger partial charge in [-0.3, -0.25) is 0 Å². The van der Waals surface area contributed by atoms with Crippen LogP contribution in [0, 0.1) is 11.8 Å². The quantitative estimate of drug-likeness (QED) is 0.529. The second-order valence-corrected chi connectivity index (χ2v) is 3.08. The van der Waals surface area contributed by atoms with Gasteiger partial charge in [0, 0.05) is 6.42 Å². The zero-order chi connectivity index (χ0) is 11.0. The third-order valence-electron chi connectivity index (χ3n) is 1.75. The lowest BCUT2D eigenvalue weighted by Gasteiger charge is -2.13. The second-order valence-electron chi connectivity index (χ2n) is 3.08. The standard InChI is InChI=1S/C10H16F2O2/c1-2-3-4-5-6-7-10(11,12)9(14)8-13/h9,13-14H,2-5,8H2,1H3/t9-/m1/s1. The molecule has 0 rings (SSSR count). The number of hydrogen-bond acceptors (Lipinski definition) is 2. The Hall–Kier alpha value is -0.660. The monoisotopic (exact) mass is 206 g/mol. The molecule has 82 valence electrons. The van der Waals surface area contributed by atoms with E-state index < -0.39 is 18.6 Å². The molecule has 0 aromatic rings. The van der Waals surface area contributed by atoms with Crippen molar-refractivity contribution in [3.63, 3.8) is 0 Å². The summed E-state index contributed by atoms with van der Waals surface area (Å²) in [7, 11) is 0. The first-order valence-corrected chi connectivity index (χ1v) is 4.71. The lowest BCUT2D eigenvalue weighted by atomic mass is 10.1. The Morgan fingerprint density at radius 2 is 2.00 bits per heavy atom. The minimum Gasteiger partial charge on any atom is -0.393 e. The van der Waals surface area contributed by atoms with Crippen LogP contribution >= 0.6 is 0 Å². The summed E-state index contributed by atoms with van der Waals surface area (Å²) in [6, 6.07) is 0. The Morgan fingerprint density at radius 1 is 1.36 bits per heavy atom. The van der Waals surface area contributed by atoms with E-state index in [1.807, 2.05) is 6.92 Å². The molecule has 4 heteroatoms. The average Bonchev–Trinajstić information content (AvgIpc) is 2.16. The van der Waals surface area contributed by atoms with E-state index in [-0.39, 0.29) is 0 Å². The third kappa shape index (κ3) is 5.15. The molecule has 14 heavy (non-hydrogen) atoms. The van der Waals surface area contributed by atoms with Gasteiger partial charge in [0.25, 0.3) is 0 Å². The summed E-state index contributed by atoms with van der Waals surface area (Å²) in [5, 5.41) is 17.0. The fourth-order valence-corrected chi connectivity index (χ4v) is 0.842. The van der Waals surface area contributed by atoms with Crippen LogP contribution in [0.4, 0.5) is 8.78 Å². The third-order valence-corrected chi connectivity index (χ3v) is 1.75. The van der Waals surface area contributed by atoms with Crippen molar-refractivity contribution in [3.05, 3.63) is 0 Å². The fourth-order valence-electron chi connectivity index (χ4n) is 0.842. The minimum absolute atomic E-state index is 0.404. The Kier molecular flexibility index (Phi) is 6.43. The molecule has 0 spiro atoms. The van der Waals surface area contributed by atoms with Crippen LogP contribution in [0.2, 0.25) is 0 Å². The van der Waals surface area contributed by atoms with Gasteiger partial charge in [-0.15, -0.1) is 0 Å². The van der Waals surface area contributed by atoms with Crippen molar-refractivity contribution in [2.75, 3.05) is 6.61 Å². The second kappa shape index (κ2) is 6.74. The molecule has 2 nitrogen and oxygen atoms in total.